The fraction of sp³-hybridized carbons (Fsp3) is 0.188. The van der Waals surface area contributed by atoms with Crippen LogP contribution in [0.4, 0.5) is 23.2 Å². The third kappa shape index (κ3) is 4.37. The van der Waals surface area contributed by atoms with E-state index < -0.39 is 32.5 Å². The molecule has 1 heterocycles. The third-order valence-electron chi connectivity index (χ3n) is 3.78. The van der Waals surface area contributed by atoms with Crippen molar-refractivity contribution < 1.29 is 26.0 Å². The summed E-state index contributed by atoms with van der Waals surface area (Å²) in [4.78, 5) is 6.18. The molecule has 0 aliphatic carbocycles. The first-order valence-corrected chi connectivity index (χ1v) is 9.21. The lowest BCUT2D eigenvalue weighted by molar-refractivity contribution is -0.139. The molecule has 0 aliphatic rings. The SMILES string of the molecule is NS(=O)(=O)c1ccc(NCCc2nc3ccc(F)cc3[nH]2)cc1C(F)(F)F. The summed E-state index contributed by atoms with van der Waals surface area (Å²) >= 11 is 0. The van der Waals surface area contributed by atoms with E-state index in [1.807, 2.05) is 0 Å². The van der Waals surface area contributed by atoms with Gasteiger partial charge in [0.25, 0.3) is 0 Å². The van der Waals surface area contributed by atoms with E-state index in [4.69, 9.17) is 5.14 Å². The summed E-state index contributed by atoms with van der Waals surface area (Å²) in [6.07, 6.45) is -4.54. The van der Waals surface area contributed by atoms with Crippen LogP contribution < -0.4 is 10.5 Å². The molecule has 0 bridgehead atoms. The number of sulfonamides is 1. The van der Waals surface area contributed by atoms with E-state index in [0.29, 0.717) is 29.3 Å². The highest BCUT2D eigenvalue weighted by Crippen LogP contribution is 2.35. The third-order valence-corrected chi connectivity index (χ3v) is 4.74. The van der Waals surface area contributed by atoms with Gasteiger partial charge in [-0.25, -0.2) is 22.9 Å². The number of alkyl halides is 3. The van der Waals surface area contributed by atoms with Crippen LogP contribution in [0.5, 0.6) is 0 Å². The number of nitrogens with one attached hydrogen (secondary N) is 2. The fourth-order valence-electron chi connectivity index (χ4n) is 2.59. The molecule has 0 amide bonds. The van der Waals surface area contributed by atoms with E-state index in [1.54, 1.807) is 0 Å². The summed E-state index contributed by atoms with van der Waals surface area (Å²) in [5.74, 6) is 0.116. The summed E-state index contributed by atoms with van der Waals surface area (Å²) in [7, 11) is -4.51. The van der Waals surface area contributed by atoms with E-state index in [-0.39, 0.29) is 12.2 Å². The Morgan fingerprint density at radius 2 is 1.89 bits per heavy atom. The van der Waals surface area contributed by atoms with Gasteiger partial charge in [-0.1, -0.05) is 0 Å². The normalized spacial score (nSPS) is 12.5. The smallest absolute Gasteiger partial charge is 0.385 e. The Bertz CT molecular complexity index is 1090. The highest BCUT2D eigenvalue weighted by atomic mass is 32.2. The predicted molar refractivity (Wildman–Crippen MR) is 91.1 cm³/mol. The molecule has 2 aromatic carbocycles. The van der Waals surface area contributed by atoms with Crippen molar-refractivity contribution >= 4 is 26.7 Å². The Kier molecular flexibility index (Phi) is 4.82. The second kappa shape index (κ2) is 6.82. The Balaban J connectivity index is 1.75. The van der Waals surface area contributed by atoms with Gasteiger partial charge >= 0.3 is 6.18 Å². The van der Waals surface area contributed by atoms with Crippen LogP contribution in [-0.2, 0) is 22.6 Å². The monoisotopic (exact) mass is 402 g/mol. The molecule has 0 saturated heterocycles. The van der Waals surface area contributed by atoms with E-state index in [1.165, 1.54) is 24.3 Å². The molecule has 1 aromatic heterocycles. The standard InChI is InChI=1S/C16H14F4N4O2S/c17-9-1-3-12-13(7-9)24-15(23-12)5-6-22-10-2-4-14(27(21,25)26)11(8-10)16(18,19)20/h1-4,7-8,22H,5-6H2,(H,23,24)(H2,21,25,26). The number of hydrogen-bond donors (Lipinski definition) is 3. The molecule has 0 radical (unpaired) electrons. The van der Waals surface area contributed by atoms with Crippen molar-refractivity contribution in [3.63, 3.8) is 0 Å². The van der Waals surface area contributed by atoms with Gasteiger partial charge in [0.15, 0.2) is 0 Å². The van der Waals surface area contributed by atoms with E-state index in [2.05, 4.69) is 15.3 Å². The molecular weight excluding hydrogens is 388 g/mol. The number of imidazole rings is 1. The number of hydrogen-bond acceptors (Lipinski definition) is 4. The molecule has 0 spiro atoms. The zero-order valence-electron chi connectivity index (χ0n) is 13.6. The molecule has 4 N–H and O–H groups in total. The highest BCUT2D eigenvalue weighted by molar-refractivity contribution is 7.89. The molecule has 11 heteroatoms. The molecule has 27 heavy (non-hydrogen) atoms. The number of H-pyrrole nitrogens is 1. The Labute approximate surface area is 151 Å². The van der Waals surface area contributed by atoms with Crippen molar-refractivity contribution in [3.05, 3.63) is 53.6 Å². The number of aromatic nitrogens is 2. The van der Waals surface area contributed by atoms with Crippen LogP contribution in [0.15, 0.2) is 41.3 Å². The minimum Gasteiger partial charge on any atom is -0.385 e. The number of fused-ring (bicyclic) bond motifs is 1. The van der Waals surface area contributed by atoms with E-state index in [0.717, 1.165) is 6.07 Å². The maximum atomic E-state index is 13.2. The van der Waals surface area contributed by atoms with Gasteiger partial charge in [-0.05, 0) is 36.4 Å². The van der Waals surface area contributed by atoms with Gasteiger partial charge in [0.05, 0.1) is 21.5 Å². The van der Waals surface area contributed by atoms with Crippen molar-refractivity contribution in [2.24, 2.45) is 5.14 Å². The summed E-state index contributed by atoms with van der Waals surface area (Å²) in [6.45, 7) is 0.217. The van der Waals surface area contributed by atoms with Crippen LogP contribution >= 0.6 is 0 Å². The van der Waals surface area contributed by atoms with Crippen LogP contribution in [0.2, 0.25) is 0 Å². The van der Waals surface area contributed by atoms with Crippen LogP contribution in [-0.4, -0.2) is 24.9 Å². The van der Waals surface area contributed by atoms with Gasteiger partial charge in [-0.2, -0.15) is 13.2 Å². The van der Waals surface area contributed by atoms with Gasteiger partial charge in [0, 0.05) is 18.7 Å². The number of nitrogens with zero attached hydrogens (tertiary/aromatic N) is 1. The maximum absolute atomic E-state index is 13.2. The lowest BCUT2D eigenvalue weighted by atomic mass is 10.2. The average Bonchev–Trinajstić information content (AvgIpc) is 2.94. The second-order valence-corrected chi connectivity index (χ2v) is 7.31. The first-order chi connectivity index (χ1) is 12.5. The lowest BCUT2D eigenvalue weighted by Gasteiger charge is -2.14. The van der Waals surface area contributed by atoms with Gasteiger partial charge in [0.1, 0.15) is 11.6 Å². The number of primary sulfonamides is 1. The topological polar surface area (TPSA) is 101 Å². The zero-order valence-corrected chi connectivity index (χ0v) is 14.5. The Morgan fingerprint density at radius 1 is 1.15 bits per heavy atom. The van der Waals surface area contributed by atoms with Crippen molar-refractivity contribution in [3.8, 4) is 0 Å². The van der Waals surface area contributed by atoms with Crippen molar-refractivity contribution in [2.75, 3.05) is 11.9 Å². The number of rotatable bonds is 5. The predicted octanol–water partition coefficient (Wildman–Crippen LogP) is 3.02. The van der Waals surface area contributed by atoms with Gasteiger partial charge < -0.3 is 10.3 Å². The molecule has 0 aliphatic heterocycles. The molecule has 0 saturated carbocycles. The number of anilines is 1. The molecule has 0 unspecified atom stereocenters. The summed E-state index contributed by atoms with van der Waals surface area (Å²) in [5, 5.41) is 7.61. The zero-order chi connectivity index (χ0) is 19.8. The molecular formula is C16H14F4N4O2S. The summed E-state index contributed by atoms with van der Waals surface area (Å²) in [5.41, 5.74) is -0.170. The molecule has 6 nitrogen and oxygen atoms in total. The van der Waals surface area contributed by atoms with Gasteiger partial charge in [0.2, 0.25) is 10.0 Å². The van der Waals surface area contributed by atoms with Crippen LogP contribution in [0.1, 0.15) is 11.4 Å². The number of benzene rings is 2. The minimum atomic E-state index is -4.87. The minimum absolute atomic E-state index is 0.0804. The quantitative estimate of drug-likeness (QED) is 0.571. The van der Waals surface area contributed by atoms with E-state index >= 15 is 0 Å². The van der Waals surface area contributed by atoms with Crippen molar-refractivity contribution in [1.29, 1.82) is 0 Å². The van der Waals surface area contributed by atoms with Crippen LogP contribution in [0.25, 0.3) is 11.0 Å². The van der Waals surface area contributed by atoms with Gasteiger partial charge in [-0.15, -0.1) is 0 Å². The first-order valence-electron chi connectivity index (χ1n) is 7.66. The number of nitrogens with two attached hydrogens (primary N) is 1. The molecule has 144 valence electrons. The second-order valence-electron chi connectivity index (χ2n) is 5.78. The summed E-state index contributed by atoms with van der Waals surface area (Å²) in [6, 6.07) is 6.78. The van der Waals surface area contributed by atoms with Crippen LogP contribution in [0, 0.1) is 5.82 Å². The molecule has 0 atom stereocenters. The maximum Gasteiger partial charge on any atom is 0.417 e. The van der Waals surface area contributed by atoms with Crippen molar-refractivity contribution in [2.45, 2.75) is 17.5 Å². The summed E-state index contributed by atoms with van der Waals surface area (Å²) < 4.78 is 75.2. The van der Waals surface area contributed by atoms with E-state index in [9.17, 15) is 26.0 Å². The number of aromatic amines is 1. The molecule has 0 fully saturated rings. The Hall–Kier alpha value is -2.66. The fourth-order valence-corrected chi connectivity index (χ4v) is 3.33. The average molecular weight is 402 g/mol. The Morgan fingerprint density at radius 3 is 2.56 bits per heavy atom. The van der Waals surface area contributed by atoms with Crippen LogP contribution in [0.3, 0.4) is 0 Å². The van der Waals surface area contributed by atoms with Gasteiger partial charge in [-0.3, -0.25) is 0 Å². The first kappa shape index (κ1) is 19.1. The lowest BCUT2D eigenvalue weighted by Crippen LogP contribution is -2.19. The highest BCUT2D eigenvalue weighted by Gasteiger charge is 2.36. The largest absolute Gasteiger partial charge is 0.417 e. The molecule has 3 rings (SSSR count). The van der Waals surface area contributed by atoms with Crippen molar-refractivity contribution in [1.82, 2.24) is 9.97 Å². The molecule has 3 aromatic rings. The number of halogens is 4.